The zero-order valence-electron chi connectivity index (χ0n) is 8.80. The van der Waals surface area contributed by atoms with Gasteiger partial charge in [0.1, 0.15) is 0 Å². The molecule has 0 fully saturated rings. The average molecular weight is 174 g/mol. The molecule has 0 aliphatic heterocycles. The molecule has 0 heteroatoms. The lowest BCUT2D eigenvalue weighted by atomic mass is 9.80. The van der Waals surface area contributed by atoms with E-state index < -0.39 is 0 Å². The average Bonchev–Trinajstić information content (AvgIpc) is 2.18. The van der Waals surface area contributed by atoms with Gasteiger partial charge in [0, 0.05) is 5.41 Å². The van der Waals surface area contributed by atoms with E-state index in [-0.39, 0.29) is 5.41 Å². The standard InChI is InChI=1S/C13H18/c1-5-13(4,6-2)12-9-7-11(3)8-10-12/h5,7-10H,1,6H2,2-4H3/t13-/m0/s1. The van der Waals surface area contributed by atoms with Crippen molar-refractivity contribution in [2.45, 2.75) is 32.6 Å². The number of hydrogen-bond donors (Lipinski definition) is 0. The van der Waals surface area contributed by atoms with Crippen molar-refractivity contribution in [1.29, 1.82) is 0 Å². The van der Waals surface area contributed by atoms with Crippen LogP contribution in [0.5, 0.6) is 0 Å². The summed E-state index contributed by atoms with van der Waals surface area (Å²) < 4.78 is 0. The van der Waals surface area contributed by atoms with Gasteiger partial charge in [-0.05, 0) is 18.9 Å². The number of hydrogen-bond acceptors (Lipinski definition) is 0. The Morgan fingerprint density at radius 1 is 1.31 bits per heavy atom. The highest BCUT2D eigenvalue weighted by molar-refractivity contribution is 5.31. The first-order chi connectivity index (χ1) is 6.12. The minimum atomic E-state index is 0.133. The summed E-state index contributed by atoms with van der Waals surface area (Å²) in [5.41, 5.74) is 2.80. The molecule has 0 aliphatic carbocycles. The third-order valence-corrected chi connectivity index (χ3v) is 2.90. The fourth-order valence-electron chi connectivity index (χ4n) is 1.40. The van der Waals surface area contributed by atoms with Gasteiger partial charge in [-0.2, -0.15) is 0 Å². The van der Waals surface area contributed by atoms with Crippen LogP contribution in [-0.2, 0) is 5.41 Å². The second-order valence-electron chi connectivity index (χ2n) is 3.84. The monoisotopic (exact) mass is 174 g/mol. The second-order valence-corrected chi connectivity index (χ2v) is 3.84. The van der Waals surface area contributed by atoms with E-state index in [1.54, 1.807) is 0 Å². The summed E-state index contributed by atoms with van der Waals surface area (Å²) >= 11 is 0. The van der Waals surface area contributed by atoms with Crippen LogP contribution in [0, 0.1) is 6.92 Å². The third-order valence-electron chi connectivity index (χ3n) is 2.90. The summed E-state index contributed by atoms with van der Waals surface area (Å²) in [7, 11) is 0. The minimum absolute atomic E-state index is 0.133. The molecule has 0 unspecified atom stereocenters. The normalized spacial score (nSPS) is 15.0. The van der Waals surface area contributed by atoms with Crippen molar-refractivity contribution in [1.82, 2.24) is 0 Å². The van der Waals surface area contributed by atoms with Gasteiger partial charge in [0.05, 0.1) is 0 Å². The highest BCUT2D eigenvalue weighted by Crippen LogP contribution is 2.28. The van der Waals surface area contributed by atoms with Gasteiger partial charge in [0.2, 0.25) is 0 Å². The van der Waals surface area contributed by atoms with E-state index in [1.165, 1.54) is 11.1 Å². The maximum Gasteiger partial charge on any atom is 0.00983 e. The lowest BCUT2D eigenvalue weighted by molar-refractivity contribution is 0.574. The number of rotatable bonds is 3. The van der Waals surface area contributed by atoms with Crippen LogP contribution in [0.15, 0.2) is 36.9 Å². The van der Waals surface area contributed by atoms with E-state index >= 15 is 0 Å². The molecule has 0 saturated carbocycles. The molecule has 0 heterocycles. The van der Waals surface area contributed by atoms with Crippen LogP contribution in [0.2, 0.25) is 0 Å². The Labute approximate surface area is 81.3 Å². The Kier molecular flexibility index (Phi) is 2.92. The third kappa shape index (κ3) is 2.00. The van der Waals surface area contributed by atoms with Gasteiger partial charge in [-0.25, -0.2) is 0 Å². The SMILES string of the molecule is C=C[C@@](C)(CC)c1ccc(C)cc1. The summed E-state index contributed by atoms with van der Waals surface area (Å²) in [5, 5.41) is 0. The Morgan fingerprint density at radius 2 is 1.85 bits per heavy atom. The molecule has 0 aliphatic rings. The van der Waals surface area contributed by atoms with E-state index in [4.69, 9.17) is 0 Å². The number of aryl methyl sites for hydroxylation is 1. The van der Waals surface area contributed by atoms with Crippen molar-refractivity contribution in [3.63, 3.8) is 0 Å². The fourth-order valence-corrected chi connectivity index (χ4v) is 1.40. The zero-order valence-corrected chi connectivity index (χ0v) is 8.80. The fraction of sp³-hybridized carbons (Fsp3) is 0.385. The molecular formula is C13H18. The maximum absolute atomic E-state index is 3.90. The van der Waals surface area contributed by atoms with Crippen LogP contribution >= 0.6 is 0 Å². The molecule has 13 heavy (non-hydrogen) atoms. The molecule has 0 nitrogen and oxygen atoms in total. The van der Waals surface area contributed by atoms with Crippen LogP contribution in [-0.4, -0.2) is 0 Å². The molecule has 0 saturated heterocycles. The van der Waals surface area contributed by atoms with Crippen molar-refractivity contribution in [2.75, 3.05) is 0 Å². The summed E-state index contributed by atoms with van der Waals surface area (Å²) in [6, 6.07) is 8.71. The van der Waals surface area contributed by atoms with Gasteiger partial charge in [-0.3, -0.25) is 0 Å². The first-order valence-corrected chi connectivity index (χ1v) is 4.83. The van der Waals surface area contributed by atoms with E-state index in [2.05, 4.69) is 51.6 Å². The Hall–Kier alpha value is -1.04. The lowest BCUT2D eigenvalue weighted by Crippen LogP contribution is -2.16. The Bertz CT molecular complexity index is 281. The molecule has 1 atom stereocenters. The molecule has 0 spiro atoms. The molecule has 0 N–H and O–H groups in total. The predicted molar refractivity (Wildman–Crippen MR) is 59.0 cm³/mol. The van der Waals surface area contributed by atoms with Crippen LogP contribution in [0.3, 0.4) is 0 Å². The van der Waals surface area contributed by atoms with E-state index in [1.807, 2.05) is 6.08 Å². The summed E-state index contributed by atoms with van der Waals surface area (Å²) in [6.07, 6.45) is 3.14. The van der Waals surface area contributed by atoms with Gasteiger partial charge in [-0.15, -0.1) is 6.58 Å². The molecule has 70 valence electrons. The van der Waals surface area contributed by atoms with Crippen molar-refractivity contribution in [2.24, 2.45) is 0 Å². The van der Waals surface area contributed by atoms with Crippen LogP contribution in [0.4, 0.5) is 0 Å². The first-order valence-electron chi connectivity index (χ1n) is 4.83. The summed E-state index contributed by atoms with van der Waals surface area (Å²) in [4.78, 5) is 0. The molecule has 1 aromatic rings. The predicted octanol–water partition coefficient (Wildman–Crippen LogP) is 3.85. The van der Waals surface area contributed by atoms with Crippen molar-refractivity contribution in [3.05, 3.63) is 48.0 Å². The topological polar surface area (TPSA) is 0 Å². The highest BCUT2D eigenvalue weighted by Gasteiger charge is 2.19. The van der Waals surface area contributed by atoms with Crippen LogP contribution in [0.25, 0.3) is 0 Å². The quantitative estimate of drug-likeness (QED) is 0.611. The number of benzene rings is 1. The summed E-state index contributed by atoms with van der Waals surface area (Å²) in [6.45, 7) is 10.4. The molecule has 1 rings (SSSR count). The van der Waals surface area contributed by atoms with E-state index in [0.717, 1.165) is 6.42 Å². The van der Waals surface area contributed by atoms with Crippen molar-refractivity contribution in [3.8, 4) is 0 Å². The Balaban J connectivity index is 3.06. The van der Waals surface area contributed by atoms with E-state index in [0.29, 0.717) is 0 Å². The van der Waals surface area contributed by atoms with Gasteiger partial charge >= 0.3 is 0 Å². The van der Waals surface area contributed by atoms with Crippen molar-refractivity contribution < 1.29 is 0 Å². The molecule has 1 aromatic carbocycles. The van der Waals surface area contributed by atoms with Gasteiger partial charge in [0.25, 0.3) is 0 Å². The van der Waals surface area contributed by atoms with Gasteiger partial charge in [0.15, 0.2) is 0 Å². The smallest absolute Gasteiger partial charge is 0.00983 e. The molecular weight excluding hydrogens is 156 g/mol. The second kappa shape index (κ2) is 3.78. The van der Waals surface area contributed by atoms with Crippen molar-refractivity contribution >= 4 is 0 Å². The number of allylic oxidation sites excluding steroid dienone is 1. The molecule has 0 radical (unpaired) electrons. The zero-order chi connectivity index (χ0) is 9.90. The lowest BCUT2D eigenvalue weighted by Gasteiger charge is -2.24. The molecule has 0 bridgehead atoms. The molecule has 0 aromatic heterocycles. The van der Waals surface area contributed by atoms with Crippen LogP contribution < -0.4 is 0 Å². The maximum atomic E-state index is 3.90. The largest absolute Gasteiger partial charge is 0.102 e. The minimum Gasteiger partial charge on any atom is -0.102 e. The van der Waals surface area contributed by atoms with Crippen LogP contribution in [0.1, 0.15) is 31.4 Å². The molecule has 0 amide bonds. The van der Waals surface area contributed by atoms with Gasteiger partial charge in [-0.1, -0.05) is 49.8 Å². The highest BCUT2D eigenvalue weighted by atomic mass is 14.2. The first kappa shape index (κ1) is 10.0. The van der Waals surface area contributed by atoms with E-state index in [9.17, 15) is 0 Å². The van der Waals surface area contributed by atoms with Gasteiger partial charge < -0.3 is 0 Å². The Morgan fingerprint density at radius 3 is 2.23 bits per heavy atom. The summed E-state index contributed by atoms with van der Waals surface area (Å²) in [5.74, 6) is 0.